The van der Waals surface area contributed by atoms with Gasteiger partial charge in [-0.2, -0.15) is 0 Å². The molecule has 0 unspecified atom stereocenters. The van der Waals surface area contributed by atoms with Crippen LogP contribution in [-0.2, 0) is 0 Å². The first-order valence-electron chi connectivity index (χ1n) is 6.41. The van der Waals surface area contributed by atoms with Crippen molar-refractivity contribution in [2.24, 2.45) is 0 Å². The number of rotatable bonds is 3. The van der Waals surface area contributed by atoms with Crippen molar-refractivity contribution in [3.8, 4) is 11.5 Å². The lowest BCUT2D eigenvalue weighted by Gasteiger charge is -2.37. The molecule has 0 aromatic heterocycles. The number of carbonyl (C=O) groups is 1. The van der Waals surface area contributed by atoms with E-state index in [2.05, 4.69) is 4.74 Å². The molecule has 0 amide bonds. The van der Waals surface area contributed by atoms with E-state index in [1.807, 2.05) is 13.8 Å². The maximum absolute atomic E-state index is 12.4. The predicted octanol–water partition coefficient (Wildman–Crippen LogP) is 4.11. The molecule has 0 bridgehead atoms. The van der Waals surface area contributed by atoms with Gasteiger partial charge in [-0.05, 0) is 25.0 Å². The zero-order chi connectivity index (χ0) is 15.0. The monoisotopic (exact) mass is 288 g/mol. The number of halogens is 3. The van der Waals surface area contributed by atoms with Crippen molar-refractivity contribution in [2.75, 3.05) is 0 Å². The molecule has 0 aliphatic carbocycles. The minimum atomic E-state index is -4.82. The number of fused-ring (bicyclic) bond motifs is 1. The Kier molecular flexibility index (Phi) is 3.67. The summed E-state index contributed by atoms with van der Waals surface area (Å²) < 4.78 is 46.9. The fourth-order valence-electron chi connectivity index (χ4n) is 2.33. The minimum Gasteiger partial charge on any atom is -0.482 e. The Morgan fingerprint density at radius 2 is 1.95 bits per heavy atom. The van der Waals surface area contributed by atoms with Gasteiger partial charge < -0.3 is 9.47 Å². The predicted molar refractivity (Wildman–Crippen MR) is 66.0 cm³/mol. The molecular weight excluding hydrogens is 273 g/mol. The van der Waals surface area contributed by atoms with Gasteiger partial charge in [0.1, 0.15) is 5.60 Å². The normalized spacial score (nSPS) is 17.4. The first-order valence-corrected chi connectivity index (χ1v) is 6.41. The van der Waals surface area contributed by atoms with Gasteiger partial charge in [0.2, 0.25) is 0 Å². The summed E-state index contributed by atoms with van der Waals surface area (Å²) in [5.74, 6) is -0.790. The van der Waals surface area contributed by atoms with Crippen LogP contribution in [0.3, 0.4) is 0 Å². The van der Waals surface area contributed by atoms with E-state index in [-0.39, 0.29) is 23.5 Å². The number of hydrogen-bond donors (Lipinski definition) is 0. The largest absolute Gasteiger partial charge is 0.573 e. The summed E-state index contributed by atoms with van der Waals surface area (Å²) in [7, 11) is 0. The third-order valence-corrected chi connectivity index (χ3v) is 3.59. The molecule has 1 aromatic rings. The molecule has 0 fully saturated rings. The fraction of sp³-hybridized carbons (Fsp3) is 0.500. The van der Waals surface area contributed by atoms with E-state index >= 15 is 0 Å². The van der Waals surface area contributed by atoms with E-state index in [0.29, 0.717) is 12.8 Å². The standard InChI is InChI=1S/C14H15F3O3/c1-3-13(4-2)8-10(18)9-6-5-7-11(12(9)20-13)19-14(15,16)17/h5-7H,3-4,8H2,1-2H3. The molecule has 0 spiro atoms. The Hall–Kier alpha value is -1.72. The average molecular weight is 288 g/mol. The van der Waals surface area contributed by atoms with Gasteiger partial charge in [-0.25, -0.2) is 0 Å². The molecule has 2 rings (SSSR count). The SMILES string of the molecule is CCC1(CC)CC(=O)c2cccc(OC(F)(F)F)c2O1. The maximum atomic E-state index is 12.4. The molecule has 0 N–H and O–H groups in total. The second kappa shape index (κ2) is 5.00. The summed E-state index contributed by atoms with van der Waals surface area (Å²) >= 11 is 0. The minimum absolute atomic E-state index is 0.107. The van der Waals surface area contributed by atoms with Crippen LogP contribution in [0, 0.1) is 0 Å². The van der Waals surface area contributed by atoms with E-state index in [1.165, 1.54) is 12.1 Å². The zero-order valence-electron chi connectivity index (χ0n) is 11.2. The van der Waals surface area contributed by atoms with Crippen molar-refractivity contribution in [1.82, 2.24) is 0 Å². The van der Waals surface area contributed by atoms with Crippen LogP contribution in [0.1, 0.15) is 43.5 Å². The molecule has 20 heavy (non-hydrogen) atoms. The number of ketones is 1. The first-order chi connectivity index (χ1) is 9.30. The number of ether oxygens (including phenoxy) is 2. The number of hydrogen-bond acceptors (Lipinski definition) is 3. The lowest BCUT2D eigenvalue weighted by atomic mass is 9.86. The van der Waals surface area contributed by atoms with Crippen molar-refractivity contribution in [2.45, 2.75) is 45.1 Å². The molecule has 0 saturated heterocycles. The van der Waals surface area contributed by atoms with Crippen LogP contribution in [0.25, 0.3) is 0 Å². The highest BCUT2D eigenvalue weighted by Crippen LogP contribution is 2.43. The van der Waals surface area contributed by atoms with E-state index in [0.717, 1.165) is 6.07 Å². The van der Waals surface area contributed by atoms with Crippen molar-refractivity contribution in [1.29, 1.82) is 0 Å². The smallest absolute Gasteiger partial charge is 0.482 e. The van der Waals surface area contributed by atoms with Crippen molar-refractivity contribution >= 4 is 5.78 Å². The average Bonchev–Trinajstić information content (AvgIpc) is 2.38. The Labute approximate surface area is 114 Å². The maximum Gasteiger partial charge on any atom is 0.573 e. The van der Waals surface area contributed by atoms with Gasteiger partial charge in [0, 0.05) is 0 Å². The van der Waals surface area contributed by atoms with Crippen LogP contribution in [0.15, 0.2) is 18.2 Å². The second-order valence-electron chi connectivity index (χ2n) is 4.77. The molecular formula is C14H15F3O3. The fourth-order valence-corrected chi connectivity index (χ4v) is 2.33. The number of benzene rings is 1. The molecule has 1 aliphatic rings. The van der Waals surface area contributed by atoms with E-state index in [9.17, 15) is 18.0 Å². The van der Waals surface area contributed by atoms with Crippen LogP contribution in [0.4, 0.5) is 13.2 Å². The van der Waals surface area contributed by atoms with Crippen LogP contribution in [-0.4, -0.2) is 17.7 Å². The van der Waals surface area contributed by atoms with Gasteiger partial charge in [0.05, 0.1) is 12.0 Å². The van der Waals surface area contributed by atoms with Gasteiger partial charge in [0.25, 0.3) is 0 Å². The molecule has 0 radical (unpaired) electrons. The summed E-state index contributed by atoms with van der Waals surface area (Å²) in [5, 5.41) is 0. The van der Waals surface area contributed by atoms with Gasteiger partial charge in [-0.15, -0.1) is 13.2 Å². The lowest BCUT2D eigenvalue weighted by molar-refractivity contribution is -0.275. The molecule has 3 nitrogen and oxygen atoms in total. The Balaban J connectivity index is 2.47. The topological polar surface area (TPSA) is 35.5 Å². The molecule has 1 aromatic carbocycles. The summed E-state index contributed by atoms with van der Waals surface area (Å²) in [4.78, 5) is 12.1. The Morgan fingerprint density at radius 3 is 2.50 bits per heavy atom. The highest BCUT2D eigenvalue weighted by molar-refractivity contribution is 6.01. The van der Waals surface area contributed by atoms with Gasteiger partial charge in [-0.1, -0.05) is 19.9 Å². The van der Waals surface area contributed by atoms with E-state index in [4.69, 9.17) is 4.74 Å². The summed E-state index contributed by atoms with van der Waals surface area (Å²) in [6.45, 7) is 3.68. The van der Waals surface area contributed by atoms with Gasteiger partial charge in [0.15, 0.2) is 17.3 Å². The van der Waals surface area contributed by atoms with Crippen LogP contribution >= 0.6 is 0 Å². The third kappa shape index (κ3) is 2.73. The quantitative estimate of drug-likeness (QED) is 0.839. The lowest BCUT2D eigenvalue weighted by Crippen LogP contribution is -2.41. The summed E-state index contributed by atoms with van der Waals surface area (Å²) in [5.41, 5.74) is -0.612. The number of alkyl halides is 3. The first kappa shape index (κ1) is 14.7. The molecule has 1 aliphatic heterocycles. The van der Waals surface area contributed by atoms with Crippen molar-refractivity contribution in [3.05, 3.63) is 23.8 Å². The van der Waals surface area contributed by atoms with Crippen molar-refractivity contribution in [3.63, 3.8) is 0 Å². The highest BCUT2D eigenvalue weighted by Gasteiger charge is 2.41. The van der Waals surface area contributed by atoms with Crippen LogP contribution < -0.4 is 9.47 Å². The Bertz CT molecular complexity index is 519. The number of carbonyl (C=O) groups excluding carboxylic acids is 1. The molecule has 0 atom stereocenters. The molecule has 0 saturated carbocycles. The number of para-hydroxylation sites is 1. The summed E-state index contributed by atoms with van der Waals surface area (Å²) in [6.07, 6.45) is -3.58. The third-order valence-electron chi connectivity index (χ3n) is 3.59. The molecule has 110 valence electrons. The summed E-state index contributed by atoms with van der Waals surface area (Å²) in [6, 6.07) is 3.96. The zero-order valence-corrected chi connectivity index (χ0v) is 11.2. The molecule has 6 heteroatoms. The molecule has 1 heterocycles. The number of Topliss-reactive ketones (excluding diaryl/α,β-unsaturated/α-hetero) is 1. The van der Waals surface area contributed by atoms with Crippen molar-refractivity contribution < 1.29 is 27.4 Å². The Morgan fingerprint density at radius 1 is 1.30 bits per heavy atom. The van der Waals surface area contributed by atoms with Crippen LogP contribution in [0.5, 0.6) is 11.5 Å². The van der Waals surface area contributed by atoms with E-state index < -0.39 is 17.7 Å². The van der Waals surface area contributed by atoms with Gasteiger partial charge in [-0.3, -0.25) is 4.79 Å². The van der Waals surface area contributed by atoms with E-state index in [1.54, 1.807) is 0 Å². The second-order valence-corrected chi connectivity index (χ2v) is 4.77. The highest BCUT2D eigenvalue weighted by atomic mass is 19.4. The van der Waals surface area contributed by atoms with Crippen LogP contribution in [0.2, 0.25) is 0 Å². The van der Waals surface area contributed by atoms with Gasteiger partial charge >= 0.3 is 6.36 Å².